The molecule has 1 aromatic carbocycles. The van der Waals surface area contributed by atoms with Crippen molar-refractivity contribution in [1.29, 1.82) is 0 Å². The van der Waals surface area contributed by atoms with E-state index in [0.29, 0.717) is 6.04 Å². The van der Waals surface area contributed by atoms with Crippen molar-refractivity contribution in [2.24, 2.45) is 0 Å². The molecule has 1 atom stereocenters. The highest BCUT2D eigenvalue weighted by molar-refractivity contribution is 5.27. The molecule has 0 fully saturated rings. The summed E-state index contributed by atoms with van der Waals surface area (Å²) in [5.74, 6) is -0.161. The summed E-state index contributed by atoms with van der Waals surface area (Å²) in [6, 6.07) is 9.55. The van der Waals surface area contributed by atoms with Gasteiger partial charge in [0.1, 0.15) is 5.82 Å². The first kappa shape index (κ1) is 15.6. The third kappa shape index (κ3) is 4.94. The van der Waals surface area contributed by atoms with E-state index in [-0.39, 0.29) is 5.82 Å². The van der Waals surface area contributed by atoms with Crippen molar-refractivity contribution >= 4 is 0 Å². The lowest BCUT2D eigenvalue weighted by molar-refractivity contribution is 0.489. The quantitative estimate of drug-likeness (QED) is 0.840. The van der Waals surface area contributed by atoms with Gasteiger partial charge in [0.15, 0.2) is 0 Å². The smallest absolute Gasteiger partial charge is 0.123 e. The number of nitrogens with one attached hydrogen (secondary N) is 1. The van der Waals surface area contributed by atoms with Gasteiger partial charge in [-0.05, 0) is 67.6 Å². The van der Waals surface area contributed by atoms with Crippen LogP contribution in [0.2, 0.25) is 0 Å². The minimum Gasteiger partial charge on any atom is -0.314 e. The fourth-order valence-electron chi connectivity index (χ4n) is 2.61. The lowest BCUT2D eigenvalue weighted by Gasteiger charge is -2.19. The second-order valence-corrected chi connectivity index (χ2v) is 5.43. The Kier molecular flexibility index (Phi) is 5.88. The predicted molar refractivity (Wildman–Crippen MR) is 84.9 cm³/mol. The molecule has 0 saturated heterocycles. The summed E-state index contributed by atoms with van der Waals surface area (Å²) < 4.78 is 13.2. The van der Waals surface area contributed by atoms with Gasteiger partial charge in [-0.3, -0.25) is 4.98 Å². The molecule has 0 bridgehead atoms. The second-order valence-electron chi connectivity index (χ2n) is 5.43. The van der Waals surface area contributed by atoms with Crippen LogP contribution in [0.1, 0.15) is 30.0 Å². The molecule has 0 aliphatic carbocycles. The summed E-state index contributed by atoms with van der Waals surface area (Å²) in [7, 11) is 0. The topological polar surface area (TPSA) is 24.9 Å². The predicted octanol–water partition coefficient (Wildman–Crippen LogP) is 3.68. The molecule has 2 nitrogen and oxygen atoms in total. The van der Waals surface area contributed by atoms with E-state index in [0.717, 1.165) is 31.4 Å². The van der Waals surface area contributed by atoms with E-state index in [9.17, 15) is 4.39 Å². The number of halogens is 1. The van der Waals surface area contributed by atoms with Crippen LogP contribution in [-0.4, -0.2) is 17.6 Å². The number of nitrogens with zero attached hydrogens (tertiary/aromatic N) is 1. The van der Waals surface area contributed by atoms with Crippen LogP contribution < -0.4 is 5.32 Å². The van der Waals surface area contributed by atoms with Gasteiger partial charge in [-0.2, -0.15) is 0 Å². The van der Waals surface area contributed by atoms with E-state index >= 15 is 0 Å². The number of hydrogen-bond donors (Lipinski definition) is 1. The van der Waals surface area contributed by atoms with Crippen LogP contribution in [0.4, 0.5) is 4.39 Å². The summed E-state index contributed by atoms with van der Waals surface area (Å²) >= 11 is 0. The van der Waals surface area contributed by atoms with Crippen LogP contribution in [0.15, 0.2) is 42.7 Å². The Morgan fingerprint density at radius 2 is 2.14 bits per heavy atom. The lowest BCUT2D eigenvalue weighted by atomic mass is 9.96. The SMILES string of the molecule is CCNC(CCc1cccnc1)Cc1ccc(F)cc1C. The lowest BCUT2D eigenvalue weighted by Crippen LogP contribution is -2.31. The zero-order valence-electron chi connectivity index (χ0n) is 12.8. The van der Waals surface area contributed by atoms with Gasteiger partial charge in [-0.25, -0.2) is 4.39 Å². The Bertz CT molecular complexity index is 554. The number of benzene rings is 1. The van der Waals surface area contributed by atoms with Crippen LogP contribution in [0.5, 0.6) is 0 Å². The Balaban J connectivity index is 1.98. The molecule has 2 rings (SSSR count). The van der Waals surface area contributed by atoms with E-state index in [1.165, 1.54) is 11.1 Å². The van der Waals surface area contributed by atoms with E-state index in [1.54, 1.807) is 18.3 Å². The van der Waals surface area contributed by atoms with Crippen LogP contribution >= 0.6 is 0 Å². The largest absolute Gasteiger partial charge is 0.314 e. The number of aryl methyl sites for hydroxylation is 2. The van der Waals surface area contributed by atoms with Gasteiger partial charge in [0.25, 0.3) is 0 Å². The summed E-state index contributed by atoms with van der Waals surface area (Å²) in [5.41, 5.74) is 3.50. The van der Waals surface area contributed by atoms with Gasteiger partial charge in [0, 0.05) is 18.4 Å². The van der Waals surface area contributed by atoms with E-state index in [1.807, 2.05) is 25.3 Å². The normalized spacial score (nSPS) is 12.3. The summed E-state index contributed by atoms with van der Waals surface area (Å²) in [6.45, 7) is 5.04. The van der Waals surface area contributed by atoms with E-state index < -0.39 is 0 Å². The highest BCUT2D eigenvalue weighted by atomic mass is 19.1. The minimum absolute atomic E-state index is 0.161. The summed E-state index contributed by atoms with van der Waals surface area (Å²) in [6.07, 6.45) is 6.71. The molecular formula is C18H23FN2. The molecule has 1 N–H and O–H groups in total. The zero-order valence-corrected chi connectivity index (χ0v) is 12.8. The third-order valence-corrected chi connectivity index (χ3v) is 3.77. The van der Waals surface area contributed by atoms with Crippen molar-refractivity contribution in [2.45, 2.75) is 39.2 Å². The van der Waals surface area contributed by atoms with Crippen molar-refractivity contribution < 1.29 is 4.39 Å². The van der Waals surface area contributed by atoms with Gasteiger partial charge in [-0.15, -0.1) is 0 Å². The van der Waals surface area contributed by atoms with Gasteiger partial charge >= 0.3 is 0 Å². The van der Waals surface area contributed by atoms with Crippen LogP contribution in [0, 0.1) is 12.7 Å². The van der Waals surface area contributed by atoms with Crippen molar-refractivity contribution in [3.05, 3.63) is 65.2 Å². The Morgan fingerprint density at radius 3 is 2.81 bits per heavy atom. The Hall–Kier alpha value is -1.74. The molecule has 2 aromatic rings. The first-order valence-electron chi connectivity index (χ1n) is 7.56. The Labute approximate surface area is 126 Å². The zero-order chi connectivity index (χ0) is 15.1. The molecule has 0 saturated carbocycles. The molecular weight excluding hydrogens is 263 g/mol. The number of likely N-dealkylation sites (N-methyl/N-ethyl adjacent to an activating group) is 1. The molecule has 1 unspecified atom stereocenters. The third-order valence-electron chi connectivity index (χ3n) is 3.77. The number of hydrogen-bond acceptors (Lipinski definition) is 2. The highest BCUT2D eigenvalue weighted by Crippen LogP contribution is 2.15. The van der Waals surface area contributed by atoms with E-state index in [2.05, 4.69) is 23.3 Å². The van der Waals surface area contributed by atoms with E-state index in [4.69, 9.17) is 0 Å². The summed E-state index contributed by atoms with van der Waals surface area (Å²) in [5, 5.41) is 3.53. The molecule has 0 amide bonds. The second kappa shape index (κ2) is 7.89. The first-order valence-corrected chi connectivity index (χ1v) is 7.56. The number of rotatable bonds is 7. The van der Waals surface area contributed by atoms with Gasteiger partial charge in [0.2, 0.25) is 0 Å². The molecule has 21 heavy (non-hydrogen) atoms. The molecule has 3 heteroatoms. The molecule has 1 aromatic heterocycles. The average molecular weight is 286 g/mol. The van der Waals surface area contributed by atoms with Gasteiger partial charge < -0.3 is 5.32 Å². The van der Waals surface area contributed by atoms with Crippen LogP contribution in [0.3, 0.4) is 0 Å². The highest BCUT2D eigenvalue weighted by Gasteiger charge is 2.11. The average Bonchev–Trinajstić information content (AvgIpc) is 2.49. The monoisotopic (exact) mass is 286 g/mol. The molecule has 0 aliphatic rings. The molecule has 0 aliphatic heterocycles. The molecule has 0 spiro atoms. The number of pyridine rings is 1. The van der Waals surface area contributed by atoms with Crippen LogP contribution in [0.25, 0.3) is 0 Å². The standard InChI is InChI=1S/C18H23FN2/c1-3-21-18(9-6-15-5-4-10-20-13-15)12-16-7-8-17(19)11-14(16)2/h4-5,7-8,10-11,13,18,21H,3,6,9,12H2,1-2H3. The number of aromatic nitrogens is 1. The molecule has 112 valence electrons. The fourth-order valence-corrected chi connectivity index (χ4v) is 2.61. The van der Waals surface area contributed by atoms with Crippen LogP contribution in [-0.2, 0) is 12.8 Å². The fraction of sp³-hybridized carbons (Fsp3) is 0.389. The maximum Gasteiger partial charge on any atom is 0.123 e. The summed E-state index contributed by atoms with van der Waals surface area (Å²) in [4.78, 5) is 4.15. The van der Waals surface area contributed by atoms with Gasteiger partial charge in [-0.1, -0.05) is 19.1 Å². The molecule has 1 heterocycles. The first-order chi connectivity index (χ1) is 10.2. The maximum atomic E-state index is 13.2. The molecule has 0 radical (unpaired) electrons. The van der Waals surface area contributed by atoms with Crippen molar-refractivity contribution in [1.82, 2.24) is 10.3 Å². The van der Waals surface area contributed by atoms with Gasteiger partial charge in [0.05, 0.1) is 0 Å². The van der Waals surface area contributed by atoms with Crippen molar-refractivity contribution in [3.8, 4) is 0 Å². The minimum atomic E-state index is -0.161. The van der Waals surface area contributed by atoms with Crippen molar-refractivity contribution in [3.63, 3.8) is 0 Å². The van der Waals surface area contributed by atoms with Crippen molar-refractivity contribution in [2.75, 3.05) is 6.54 Å². The Morgan fingerprint density at radius 1 is 1.29 bits per heavy atom. The maximum absolute atomic E-state index is 13.2.